The van der Waals surface area contributed by atoms with Crippen molar-refractivity contribution in [2.24, 2.45) is 0 Å². The Kier molecular flexibility index (Phi) is 4.85. The number of hydrogen-bond acceptors (Lipinski definition) is 7. The molecule has 0 unspecified atom stereocenters. The molecule has 0 fully saturated rings. The Bertz CT molecular complexity index is 1430. The summed E-state index contributed by atoms with van der Waals surface area (Å²) >= 11 is 0. The van der Waals surface area contributed by atoms with Gasteiger partial charge in [0.2, 0.25) is 18.6 Å². The minimum absolute atomic E-state index is 0.0480. The molecule has 0 spiro atoms. The fraction of sp³-hybridized carbons (Fsp3) is 0.227. The van der Waals surface area contributed by atoms with Crippen LogP contribution in [-0.2, 0) is 14.8 Å². The number of sulfonamides is 1. The highest BCUT2D eigenvalue weighted by Gasteiger charge is 2.27. The minimum Gasteiger partial charge on any atom is -0.454 e. The van der Waals surface area contributed by atoms with Crippen molar-refractivity contribution in [3.8, 4) is 22.6 Å². The van der Waals surface area contributed by atoms with Gasteiger partial charge in [0.05, 0.1) is 16.3 Å². The second-order valence-corrected chi connectivity index (χ2v) is 9.47. The highest BCUT2D eigenvalue weighted by atomic mass is 32.2. The lowest BCUT2D eigenvalue weighted by Crippen LogP contribution is -2.15. The zero-order chi connectivity index (χ0) is 23.3. The summed E-state index contributed by atoms with van der Waals surface area (Å²) in [6, 6.07) is 9.70. The number of aryl methyl sites for hydroxylation is 2. The standard InChI is InChI=1S/C22H20N4O6S/c1-12-3-4-14(21-13(2)24-26-20(28)8-7-19(27)23-22(21)26)9-18(12)33(29,30)25-15-5-6-16-17(10-15)32-11-31-16/h3-6,9-10,25H,7-8,11H2,1-2H3,(H,23,27). The molecule has 170 valence electrons. The van der Waals surface area contributed by atoms with Gasteiger partial charge in [-0.1, -0.05) is 12.1 Å². The van der Waals surface area contributed by atoms with Gasteiger partial charge < -0.3 is 14.8 Å². The number of benzene rings is 2. The number of rotatable bonds is 4. The van der Waals surface area contributed by atoms with Gasteiger partial charge in [-0.25, -0.2) is 8.42 Å². The topological polar surface area (TPSA) is 129 Å². The van der Waals surface area contributed by atoms with Gasteiger partial charge in [0.1, 0.15) is 5.82 Å². The number of anilines is 2. The molecule has 2 aromatic carbocycles. The van der Waals surface area contributed by atoms with E-state index < -0.39 is 10.0 Å². The molecule has 33 heavy (non-hydrogen) atoms. The minimum atomic E-state index is -3.97. The summed E-state index contributed by atoms with van der Waals surface area (Å²) < 4.78 is 40.8. The van der Waals surface area contributed by atoms with Crippen molar-refractivity contribution in [2.45, 2.75) is 31.6 Å². The third kappa shape index (κ3) is 3.69. The predicted molar refractivity (Wildman–Crippen MR) is 119 cm³/mol. The molecule has 3 aromatic rings. The van der Waals surface area contributed by atoms with Crippen LogP contribution in [0.15, 0.2) is 41.3 Å². The molecule has 3 heterocycles. The van der Waals surface area contributed by atoms with E-state index in [1.807, 2.05) is 0 Å². The van der Waals surface area contributed by atoms with Crippen LogP contribution in [0.25, 0.3) is 11.1 Å². The summed E-state index contributed by atoms with van der Waals surface area (Å²) in [6.07, 6.45) is 0.111. The number of amides is 1. The van der Waals surface area contributed by atoms with E-state index in [0.29, 0.717) is 39.6 Å². The molecule has 10 nitrogen and oxygen atoms in total. The number of fused-ring (bicyclic) bond motifs is 2. The van der Waals surface area contributed by atoms with Crippen molar-refractivity contribution in [1.29, 1.82) is 0 Å². The molecule has 2 aliphatic heterocycles. The number of nitrogens with one attached hydrogen (secondary N) is 2. The van der Waals surface area contributed by atoms with Crippen LogP contribution >= 0.6 is 0 Å². The van der Waals surface area contributed by atoms with E-state index in [2.05, 4.69) is 15.1 Å². The van der Waals surface area contributed by atoms with Crippen LogP contribution in [0.5, 0.6) is 11.5 Å². The highest BCUT2D eigenvalue weighted by Crippen LogP contribution is 2.37. The Labute approximate surface area is 189 Å². The first kappa shape index (κ1) is 21.0. The molecule has 0 aliphatic carbocycles. The lowest BCUT2D eigenvalue weighted by atomic mass is 10.0. The van der Waals surface area contributed by atoms with Gasteiger partial charge in [-0.3, -0.25) is 14.3 Å². The molecule has 1 amide bonds. The van der Waals surface area contributed by atoms with Crippen LogP contribution < -0.4 is 19.5 Å². The van der Waals surface area contributed by atoms with Crippen molar-refractivity contribution < 1.29 is 27.5 Å². The largest absolute Gasteiger partial charge is 0.454 e. The maximum Gasteiger partial charge on any atom is 0.262 e. The van der Waals surface area contributed by atoms with Gasteiger partial charge in [-0.05, 0) is 43.2 Å². The van der Waals surface area contributed by atoms with Gasteiger partial charge in [-0.2, -0.15) is 9.78 Å². The van der Waals surface area contributed by atoms with Crippen LogP contribution in [0, 0.1) is 13.8 Å². The molecule has 1 aromatic heterocycles. The monoisotopic (exact) mass is 468 g/mol. The van der Waals surface area contributed by atoms with Gasteiger partial charge in [0.25, 0.3) is 10.0 Å². The van der Waals surface area contributed by atoms with E-state index in [4.69, 9.17) is 9.47 Å². The van der Waals surface area contributed by atoms with Gasteiger partial charge in [-0.15, -0.1) is 0 Å². The molecular formula is C22H20N4O6S. The molecule has 0 atom stereocenters. The summed E-state index contributed by atoms with van der Waals surface area (Å²) in [5, 5.41) is 7.01. The van der Waals surface area contributed by atoms with Crippen molar-refractivity contribution >= 4 is 33.3 Å². The number of nitrogens with zero attached hydrogens (tertiary/aromatic N) is 2. The zero-order valence-electron chi connectivity index (χ0n) is 17.8. The average molecular weight is 468 g/mol. The summed E-state index contributed by atoms with van der Waals surface area (Å²) in [5.74, 6) is 0.648. The number of aromatic nitrogens is 2. The van der Waals surface area contributed by atoms with Crippen LogP contribution in [-0.4, -0.2) is 36.8 Å². The number of hydrogen-bond donors (Lipinski definition) is 2. The fourth-order valence-electron chi connectivity index (χ4n) is 3.90. The predicted octanol–water partition coefficient (Wildman–Crippen LogP) is 3.07. The van der Waals surface area contributed by atoms with Crippen LogP contribution in [0.2, 0.25) is 0 Å². The first-order chi connectivity index (χ1) is 15.7. The Hall–Kier alpha value is -3.86. The molecule has 0 radical (unpaired) electrons. The highest BCUT2D eigenvalue weighted by molar-refractivity contribution is 7.92. The van der Waals surface area contributed by atoms with E-state index in [0.717, 1.165) is 0 Å². The maximum atomic E-state index is 13.2. The van der Waals surface area contributed by atoms with E-state index >= 15 is 0 Å². The van der Waals surface area contributed by atoms with Crippen molar-refractivity contribution in [1.82, 2.24) is 9.78 Å². The summed E-state index contributed by atoms with van der Waals surface area (Å²) in [7, 11) is -3.97. The Balaban J connectivity index is 1.56. The SMILES string of the molecule is Cc1ccc(-c2c(C)nn3c2NC(=O)CCC3=O)cc1S(=O)(=O)Nc1ccc2c(c1)OCO2. The second kappa shape index (κ2) is 7.62. The smallest absolute Gasteiger partial charge is 0.262 e. The van der Waals surface area contributed by atoms with E-state index in [-0.39, 0.29) is 42.2 Å². The molecule has 11 heteroatoms. The molecule has 2 N–H and O–H groups in total. The third-order valence-corrected chi connectivity index (χ3v) is 7.03. The van der Waals surface area contributed by atoms with Crippen molar-refractivity contribution in [2.75, 3.05) is 16.8 Å². The summed E-state index contributed by atoms with van der Waals surface area (Å²) in [6.45, 7) is 3.48. The quantitative estimate of drug-likeness (QED) is 0.602. The lowest BCUT2D eigenvalue weighted by Gasteiger charge is -2.13. The molecular weight excluding hydrogens is 448 g/mol. The molecule has 5 rings (SSSR count). The number of carbonyl (C=O) groups excluding carboxylic acids is 2. The normalized spacial score (nSPS) is 15.1. The molecule has 0 saturated heterocycles. The van der Waals surface area contributed by atoms with Crippen molar-refractivity contribution in [3.63, 3.8) is 0 Å². The Morgan fingerprint density at radius 3 is 2.64 bits per heavy atom. The van der Waals surface area contributed by atoms with Crippen LogP contribution in [0.3, 0.4) is 0 Å². The number of carbonyl (C=O) groups is 2. The Morgan fingerprint density at radius 2 is 1.82 bits per heavy atom. The third-order valence-electron chi connectivity index (χ3n) is 5.51. The first-order valence-electron chi connectivity index (χ1n) is 10.2. The first-order valence-corrected chi connectivity index (χ1v) is 11.7. The van der Waals surface area contributed by atoms with Crippen molar-refractivity contribution in [3.05, 3.63) is 47.7 Å². The van der Waals surface area contributed by atoms with Gasteiger partial charge in [0, 0.05) is 24.5 Å². The average Bonchev–Trinajstić information content (AvgIpc) is 3.32. The van der Waals surface area contributed by atoms with E-state index in [9.17, 15) is 18.0 Å². The fourth-order valence-corrected chi connectivity index (χ4v) is 5.23. The van der Waals surface area contributed by atoms with Gasteiger partial charge in [0.15, 0.2) is 11.5 Å². The summed E-state index contributed by atoms with van der Waals surface area (Å²) in [5.41, 5.74) is 2.37. The molecule has 2 aliphatic rings. The number of ether oxygens (including phenoxy) is 2. The lowest BCUT2D eigenvalue weighted by molar-refractivity contribution is -0.116. The van der Waals surface area contributed by atoms with Gasteiger partial charge >= 0.3 is 0 Å². The summed E-state index contributed by atoms with van der Waals surface area (Å²) in [4.78, 5) is 24.6. The maximum absolute atomic E-state index is 13.2. The molecule has 0 saturated carbocycles. The second-order valence-electron chi connectivity index (χ2n) is 7.82. The zero-order valence-corrected chi connectivity index (χ0v) is 18.7. The molecule has 0 bridgehead atoms. The van der Waals surface area contributed by atoms with E-state index in [1.165, 1.54) is 10.7 Å². The van der Waals surface area contributed by atoms with Crippen LogP contribution in [0.4, 0.5) is 11.5 Å². The van der Waals surface area contributed by atoms with E-state index in [1.54, 1.807) is 44.2 Å². The van der Waals surface area contributed by atoms with Crippen LogP contribution in [0.1, 0.15) is 28.9 Å². The Morgan fingerprint density at radius 1 is 1.03 bits per heavy atom.